The Morgan fingerprint density at radius 1 is 1.11 bits per heavy atom. The lowest BCUT2D eigenvalue weighted by Crippen LogP contribution is -2.13. The summed E-state index contributed by atoms with van der Waals surface area (Å²) >= 11 is 0. The number of rotatable bonds is 4. The van der Waals surface area contributed by atoms with E-state index in [0.717, 1.165) is 27.7 Å². The van der Waals surface area contributed by atoms with Crippen LogP contribution in [0.2, 0.25) is 0 Å². The number of benzene rings is 2. The number of nitrogen functional groups attached to an aromatic ring is 1. The number of fused-ring (bicyclic) bond motifs is 1. The first-order valence-electron chi connectivity index (χ1n) is 8.50. The summed E-state index contributed by atoms with van der Waals surface area (Å²) in [6, 6.07) is 19.0. The van der Waals surface area contributed by atoms with Crippen LogP contribution >= 0.6 is 0 Å². The molecule has 0 aliphatic carbocycles. The molecule has 27 heavy (non-hydrogen) atoms. The molecule has 0 unspecified atom stereocenters. The van der Waals surface area contributed by atoms with Gasteiger partial charge in [-0.05, 0) is 29.3 Å². The van der Waals surface area contributed by atoms with Crippen molar-refractivity contribution < 1.29 is 9.53 Å². The fourth-order valence-corrected chi connectivity index (χ4v) is 2.89. The van der Waals surface area contributed by atoms with E-state index in [1.165, 1.54) is 0 Å². The highest BCUT2D eigenvalue weighted by molar-refractivity contribution is 5.97. The first-order valence-corrected chi connectivity index (χ1v) is 8.50. The van der Waals surface area contributed by atoms with E-state index in [1.807, 2.05) is 66.9 Å². The number of amides is 1. The molecule has 4 rings (SSSR count). The lowest BCUT2D eigenvalue weighted by atomic mass is 10.1. The maximum Gasteiger partial charge on any atom is 0.412 e. The van der Waals surface area contributed by atoms with Crippen LogP contribution in [0.4, 0.5) is 16.2 Å². The molecule has 4 aromatic rings. The minimum absolute atomic E-state index is 0.209. The summed E-state index contributed by atoms with van der Waals surface area (Å²) < 4.78 is 5.25. The van der Waals surface area contributed by atoms with Gasteiger partial charge in [0.15, 0.2) is 0 Å². The third-order valence-electron chi connectivity index (χ3n) is 4.19. The summed E-state index contributed by atoms with van der Waals surface area (Å²) in [4.78, 5) is 19.6. The van der Waals surface area contributed by atoms with Gasteiger partial charge in [0.25, 0.3) is 0 Å². The Hall–Kier alpha value is -3.80. The Bertz CT molecular complexity index is 1090. The number of nitrogens with one attached hydrogen (secondary N) is 2. The number of aromatic nitrogens is 2. The average molecular weight is 358 g/mol. The summed E-state index contributed by atoms with van der Waals surface area (Å²) in [5.74, 6) is 0. The molecule has 0 fully saturated rings. The Balaban J connectivity index is 1.52. The second-order valence-corrected chi connectivity index (χ2v) is 6.13. The summed E-state index contributed by atoms with van der Waals surface area (Å²) in [6.45, 7) is 0.209. The quantitative estimate of drug-likeness (QED) is 0.466. The molecule has 2 aromatic carbocycles. The second kappa shape index (κ2) is 7.21. The second-order valence-electron chi connectivity index (χ2n) is 6.13. The van der Waals surface area contributed by atoms with Crippen molar-refractivity contribution in [2.24, 2.45) is 0 Å². The Morgan fingerprint density at radius 2 is 1.96 bits per heavy atom. The molecule has 0 aliphatic heterocycles. The minimum atomic E-state index is -0.527. The molecular formula is C21H18N4O2. The smallest absolute Gasteiger partial charge is 0.412 e. The van der Waals surface area contributed by atoms with Gasteiger partial charge in [-0.25, -0.2) is 9.78 Å². The van der Waals surface area contributed by atoms with Crippen LogP contribution in [0.15, 0.2) is 73.1 Å². The molecule has 0 saturated heterocycles. The summed E-state index contributed by atoms with van der Waals surface area (Å²) in [6.07, 6.45) is 2.94. The van der Waals surface area contributed by atoms with Crippen molar-refractivity contribution in [1.82, 2.24) is 9.97 Å². The van der Waals surface area contributed by atoms with Gasteiger partial charge in [0, 0.05) is 22.8 Å². The van der Waals surface area contributed by atoms with Crippen molar-refractivity contribution in [3.05, 3.63) is 78.6 Å². The van der Waals surface area contributed by atoms with Crippen molar-refractivity contribution >= 4 is 28.5 Å². The average Bonchev–Trinajstić information content (AvgIpc) is 3.10. The Morgan fingerprint density at radius 3 is 2.78 bits per heavy atom. The summed E-state index contributed by atoms with van der Waals surface area (Å²) in [5.41, 5.74) is 10.7. The highest BCUT2D eigenvalue weighted by Crippen LogP contribution is 2.30. The van der Waals surface area contributed by atoms with Gasteiger partial charge in [-0.3, -0.25) is 5.32 Å². The molecule has 134 valence electrons. The molecular weight excluding hydrogens is 340 g/mol. The van der Waals surface area contributed by atoms with Gasteiger partial charge in [-0.2, -0.15) is 0 Å². The lowest BCUT2D eigenvalue weighted by Gasteiger charge is -2.07. The number of H-pyrrole nitrogens is 1. The molecule has 0 radical (unpaired) electrons. The van der Waals surface area contributed by atoms with E-state index in [9.17, 15) is 4.79 Å². The minimum Gasteiger partial charge on any atom is -0.444 e. The summed E-state index contributed by atoms with van der Waals surface area (Å²) in [5, 5.41) is 3.61. The van der Waals surface area contributed by atoms with Crippen molar-refractivity contribution in [2.75, 3.05) is 11.1 Å². The molecule has 0 spiro atoms. The van der Waals surface area contributed by atoms with Gasteiger partial charge in [0.2, 0.25) is 0 Å². The lowest BCUT2D eigenvalue weighted by molar-refractivity contribution is 0.155. The Labute approximate surface area is 156 Å². The number of anilines is 2. The van der Waals surface area contributed by atoms with Crippen LogP contribution in [-0.4, -0.2) is 16.1 Å². The third-order valence-corrected chi connectivity index (χ3v) is 4.19. The van der Waals surface area contributed by atoms with E-state index >= 15 is 0 Å². The highest BCUT2D eigenvalue weighted by Gasteiger charge is 2.10. The van der Waals surface area contributed by atoms with Gasteiger partial charge < -0.3 is 15.5 Å². The fraction of sp³-hybridized carbons (Fsp3) is 0.0476. The van der Waals surface area contributed by atoms with Gasteiger partial charge in [0.05, 0.1) is 11.9 Å². The number of nitrogens with two attached hydrogens (primary N) is 1. The van der Waals surface area contributed by atoms with E-state index in [1.54, 1.807) is 6.20 Å². The topological polar surface area (TPSA) is 93.0 Å². The molecule has 2 heterocycles. The van der Waals surface area contributed by atoms with Crippen LogP contribution in [-0.2, 0) is 11.3 Å². The van der Waals surface area contributed by atoms with Gasteiger partial charge in [-0.1, -0.05) is 42.5 Å². The summed E-state index contributed by atoms with van der Waals surface area (Å²) in [7, 11) is 0. The van der Waals surface area contributed by atoms with Crippen molar-refractivity contribution in [2.45, 2.75) is 6.61 Å². The van der Waals surface area contributed by atoms with Crippen LogP contribution in [0, 0.1) is 0 Å². The van der Waals surface area contributed by atoms with Crippen molar-refractivity contribution in [1.29, 1.82) is 0 Å². The van der Waals surface area contributed by atoms with Crippen LogP contribution in [0.25, 0.3) is 22.2 Å². The molecule has 6 nitrogen and oxygen atoms in total. The zero-order valence-electron chi connectivity index (χ0n) is 14.5. The van der Waals surface area contributed by atoms with Crippen molar-refractivity contribution in [3.8, 4) is 11.1 Å². The van der Waals surface area contributed by atoms with Gasteiger partial charge in [0.1, 0.15) is 12.3 Å². The van der Waals surface area contributed by atoms with E-state index in [4.69, 9.17) is 10.5 Å². The van der Waals surface area contributed by atoms with Crippen LogP contribution < -0.4 is 11.1 Å². The molecule has 4 N–H and O–H groups in total. The maximum absolute atomic E-state index is 12.1. The molecule has 0 atom stereocenters. The predicted molar refractivity (Wildman–Crippen MR) is 106 cm³/mol. The monoisotopic (exact) mass is 358 g/mol. The van der Waals surface area contributed by atoms with Crippen LogP contribution in [0.5, 0.6) is 0 Å². The maximum atomic E-state index is 12.1. The van der Waals surface area contributed by atoms with Gasteiger partial charge in [-0.15, -0.1) is 0 Å². The normalized spacial score (nSPS) is 10.7. The van der Waals surface area contributed by atoms with E-state index in [0.29, 0.717) is 11.4 Å². The SMILES string of the molecule is Nc1cccc(-c2c[nH]c3ncc(NC(=O)OCc4ccccc4)cc23)c1. The number of nitrogens with zero attached hydrogens (tertiary/aromatic N) is 1. The Kier molecular flexibility index (Phi) is 4.45. The zero-order chi connectivity index (χ0) is 18.6. The fourth-order valence-electron chi connectivity index (χ4n) is 2.89. The van der Waals surface area contributed by atoms with Crippen molar-refractivity contribution in [3.63, 3.8) is 0 Å². The molecule has 2 aromatic heterocycles. The zero-order valence-corrected chi connectivity index (χ0v) is 14.5. The number of ether oxygens (including phenoxy) is 1. The van der Waals surface area contributed by atoms with Crippen LogP contribution in [0.1, 0.15) is 5.56 Å². The standard InChI is InChI=1S/C21H18N4O2/c22-16-8-4-7-15(9-16)19-12-24-20-18(19)10-17(11-23-20)25-21(26)27-13-14-5-2-1-3-6-14/h1-12H,13,22H2,(H,23,24)(H,25,26). The number of carbonyl (C=O) groups is 1. The van der Waals surface area contributed by atoms with Crippen LogP contribution in [0.3, 0.4) is 0 Å². The first-order chi connectivity index (χ1) is 13.2. The molecule has 0 saturated carbocycles. The first kappa shape index (κ1) is 16.7. The molecule has 6 heteroatoms. The van der Waals surface area contributed by atoms with Gasteiger partial charge >= 0.3 is 6.09 Å². The number of carbonyl (C=O) groups excluding carboxylic acids is 1. The third kappa shape index (κ3) is 3.74. The molecule has 1 amide bonds. The van der Waals surface area contributed by atoms with E-state index in [2.05, 4.69) is 15.3 Å². The predicted octanol–water partition coefficient (Wildman–Crippen LogP) is 4.56. The number of hydrogen-bond acceptors (Lipinski definition) is 4. The van der Waals surface area contributed by atoms with E-state index in [-0.39, 0.29) is 6.61 Å². The number of hydrogen-bond donors (Lipinski definition) is 3. The molecule has 0 bridgehead atoms. The number of aromatic amines is 1. The largest absolute Gasteiger partial charge is 0.444 e. The molecule has 0 aliphatic rings. The highest BCUT2D eigenvalue weighted by atomic mass is 16.5. The number of pyridine rings is 1. The van der Waals surface area contributed by atoms with E-state index < -0.39 is 6.09 Å².